The lowest BCUT2D eigenvalue weighted by Crippen LogP contribution is -3.00. The summed E-state index contributed by atoms with van der Waals surface area (Å²) in [6.45, 7) is 2.11. The summed E-state index contributed by atoms with van der Waals surface area (Å²) in [7, 11) is 0. The number of hydrogen-bond acceptors (Lipinski definition) is 5. The molecule has 0 spiro atoms. The summed E-state index contributed by atoms with van der Waals surface area (Å²) in [5, 5.41) is 17.1. The summed E-state index contributed by atoms with van der Waals surface area (Å²) in [6.07, 6.45) is 0. The van der Waals surface area contributed by atoms with Crippen LogP contribution in [0, 0.1) is 10.1 Å². The van der Waals surface area contributed by atoms with E-state index in [4.69, 9.17) is 4.42 Å². The molecule has 0 bridgehead atoms. The molecule has 0 aliphatic carbocycles. The molecular weight excluding hydrogens is 354 g/mol. The first-order chi connectivity index (χ1) is 12.2. The van der Waals surface area contributed by atoms with E-state index >= 15 is 0 Å². The molecule has 6 nitrogen and oxygen atoms in total. The second-order valence-corrected chi connectivity index (χ2v) is 5.54. The molecule has 26 heavy (non-hydrogen) atoms. The summed E-state index contributed by atoms with van der Waals surface area (Å²) in [5.74, 6) is 1.75. The summed E-state index contributed by atoms with van der Waals surface area (Å²) < 4.78 is 5.82. The highest BCUT2D eigenvalue weighted by Gasteiger charge is 2.05. The minimum atomic E-state index is -0.404. The molecule has 1 heterocycles. The van der Waals surface area contributed by atoms with Crippen molar-refractivity contribution in [3.05, 3.63) is 82.6 Å². The number of furan rings is 1. The fourth-order valence-corrected chi connectivity index (χ4v) is 2.44. The molecule has 0 aliphatic rings. The molecule has 2 N–H and O–H groups in total. The lowest BCUT2D eigenvalue weighted by molar-refractivity contribution is -0.384. The van der Waals surface area contributed by atoms with Crippen molar-refractivity contribution in [1.29, 1.82) is 0 Å². The maximum atomic E-state index is 10.6. The molecule has 0 unspecified atom stereocenters. The van der Waals surface area contributed by atoms with Crippen molar-refractivity contribution in [2.45, 2.75) is 6.54 Å². The zero-order valence-corrected chi connectivity index (χ0v) is 14.8. The normalized spacial score (nSPS) is 10.2. The van der Waals surface area contributed by atoms with Gasteiger partial charge in [0, 0.05) is 36.5 Å². The van der Waals surface area contributed by atoms with Crippen molar-refractivity contribution < 1.29 is 21.7 Å². The van der Waals surface area contributed by atoms with E-state index < -0.39 is 4.92 Å². The number of nitro groups is 1. The lowest BCUT2D eigenvalue weighted by atomic mass is 10.2. The predicted octanol–water partition coefficient (Wildman–Crippen LogP) is 1.06. The first-order valence-corrected chi connectivity index (χ1v) is 8.05. The Kier molecular flexibility index (Phi) is 7.20. The van der Waals surface area contributed by atoms with E-state index in [9.17, 15) is 10.1 Å². The molecule has 3 rings (SSSR count). The Morgan fingerprint density at radius 3 is 2.35 bits per heavy atom. The maximum Gasteiger partial charge on any atom is 0.269 e. The van der Waals surface area contributed by atoms with Crippen LogP contribution in [0.3, 0.4) is 0 Å². The number of non-ortho nitro benzene ring substituents is 1. The molecule has 2 aromatic carbocycles. The van der Waals surface area contributed by atoms with E-state index in [1.54, 1.807) is 12.1 Å². The maximum absolute atomic E-state index is 10.6. The zero-order valence-electron chi connectivity index (χ0n) is 14.0. The molecule has 0 radical (unpaired) electrons. The second kappa shape index (κ2) is 9.60. The highest BCUT2D eigenvalue weighted by Crippen LogP contribution is 2.21. The van der Waals surface area contributed by atoms with Crippen molar-refractivity contribution in [3.8, 4) is 11.3 Å². The monoisotopic (exact) mass is 372 g/mol. The van der Waals surface area contributed by atoms with Gasteiger partial charge in [0.25, 0.3) is 5.69 Å². The van der Waals surface area contributed by atoms with Gasteiger partial charge in [-0.25, -0.2) is 0 Å². The van der Waals surface area contributed by atoms with Crippen LogP contribution in [-0.2, 0) is 6.54 Å². The topological polar surface area (TPSA) is 80.3 Å². The summed E-state index contributed by atoms with van der Waals surface area (Å²) in [6, 6.07) is 20.3. The van der Waals surface area contributed by atoms with Crippen LogP contribution >= 0.6 is 0 Å². The SMILES string of the molecule is O=[N+]([O-])c1ccc(NCCNCc2ccc(-c3ccccc3)o2)cc1.[Cl-]. The van der Waals surface area contributed by atoms with Crippen LogP contribution < -0.4 is 23.0 Å². The van der Waals surface area contributed by atoms with Gasteiger partial charge in [0.05, 0.1) is 11.5 Å². The molecule has 0 atom stereocenters. The van der Waals surface area contributed by atoms with Crippen LogP contribution in [0.1, 0.15) is 5.76 Å². The summed E-state index contributed by atoms with van der Waals surface area (Å²) in [5.41, 5.74) is 2.01. The van der Waals surface area contributed by atoms with E-state index in [1.807, 2.05) is 42.5 Å². The molecule has 136 valence electrons. The van der Waals surface area contributed by atoms with Gasteiger partial charge in [0.2, 0.25) is 0 Å². The average molecular weight is 373 g/mol. The Morgan fingerprint density at radius 1 is 0.923 bits per heavy atom. The molecule has 1 aromatic heterocycles. The van der Waals surface area contributed by atoms with Gasteiger partial charge in [-0.2, -0.15) is 0 Å². The Labute approximate surface area is 157 Å². The highest BCUT2D eigenvalue weighted by atomic mass is 35.5. The van der Waals surface area contributed by atoms with Gasteiger partial charge >= 0.3 is 0 Å². The minimum Gasteiger partial charge on any atom is -1.00 e. The smallest absolute Gasteiger partial charge is 0.269 e. The molecular formula is C19H19ClN3O3-. The van der Waals surface area contributed by atoms with Gasteiger partial charge in [-0.15, -0.1) is 0 Å². The molecule has 0 aliphatic heterocycles. The van der Waals surface area contributed by atoms with Crippen molar-refractivity contribution in [3.63, 3.8) is 0 Å². The number of nitrogens with zero attached hydrogens (tertiary/aromatic N) is 1. The first kappa shape index (κ1) is 19.5. The molecule has 0 saturated carbocycles. The number of benzene rings is 2. The van der Waals surface area contributed by atoms with Crippen LogP contribution in [-0.4, -0.2) is 18.0 Å². The third-order valence-electron chi connectivity index (χ3n) is 3.73. The van der Waals surface area contributed by atoms with Crippen LogP contribution in [0.25, 0.3) is 11.3 Å². The second-order valence-electron chi connectivity index (χ2n) is 5.54. The lowest BCUT2D eigenvalue weighted by Gasteiger charge is -2.06. The van der Waals surface area contributed by atoms with Crippen LogP contribution in [0.15, 0.2) is 71.1 Å². The minimum absolute atomic E-state index is 0. The van der Waals surface area contributed by atoms with Crippen molar-refractivity contribution in [1.82, 2.24) is 5.32 Å². The van der Waals surface area contributed by atoms with Gasteiger partial charge in [0.15, 0.2) is 0 Å². The number of rotatable bonds is 8. The Balaban J connectivity index is 0.00000243. The van der Waals surface area contributed by atoms with Crippen molar-refractivity contribution in [2.24, 2.45) is 0 Å². The van der Waals surface area contributed by atoms with Crippen LogP contribution in [0.5, 0.6) is 0 Å². The number of nitro benzene ring substituents is 1. The first-order valence-electron chi connectivity index (χ1n) is 8.05. The third kappa shape index (κ3) is 5.34. The van der Waals surface area contributed by atoms with Crippen molar-refractivity contribution >= 4 is 11.4 Å². The molecule has 7 heteroatoms. The van der Waals surface area contributed by atoms with Gasteiger partial charge in [-0.3, -0.25) is 10.1 Å². The fourth-order valence-electron chi connectivity index (χ4n) is 2.44. The Bertz CT molecular complexity index is 820. The summed E-state index contributed by atoms with van der Waals surface area (Å²) in [4.78, 5) is 10.2. The summed E-state index contributed by atoms with van der Waals surface area (Å²) >= 11 is 0. The predicted molar refractivity (Wildman–Crippen MR) is 97.4 cm³/mol. The van der Waals surface area contributed by atoms with Gasteiger partial charge < -0.3 is 27.5 Å². The Hall–Kier alpha value is -2.83. The van der Waals surface area contributed by atoms with Crippen molar-refractivity contribution in [2.75, 3.05) is 18.4 Å². The molecule has 0 amide bonds. The third-order valence-corrected chi connectivity index (χ3v) is 3.73. The van der Waals surface area contributed by atoms with E-state index in [0.29, 0.717) is 13.1 Å². The highest BCUT2D eigenvalue weighted by molar-refractivity contribution is 5.57. The van der Waals surface area contributed by atoms with E-state index in [0.717, 1.165) is 29.3 Å². The van der Waals surface area contributed by atoms with E-state index in [1.165, 1.54) is 12.1 Å². The molecule has 0 fully saturated rings. The average Bonchev–Trinajstić information content (AvgIpc) is 3.11. The van der Waals surface area contributed by atoms with E-state index in [-0.39, 0.29) is 18.1 Å². The zero-order chi connectivity index (χ0) is 17.5. The molecule has 0 saturated heterocycles. The molecule has 3 aromatic rings. The van der Waals surface area contributed by atoms with E-state index in [2.05, 4.69) is 10.6 Å². The fraction of sp³-hybridized carbons (Fsp3) is 0.158. The largest absolute Gasteiger partial charge is 1.00 e. The number of anilines is 1. The van der Waals surface area contributed by atoms with Crippen LogP contribution in [0.4, 0.5) is 11.4 Å². The quantitative estimate of drug-likeness (QED) is 0.351. The standard InChI is InChI=1S/C19H19N3O3.ClH/c23-22(24)17-8-6-16(7-9-17)21-13-12-20-14-18-10-11-19(25-18)15-4-2-1-3-5-15;/h1-11,20-21H,12-14H2;1H/p-1. The number of nitrogens with one attached hydrogen (secondary N) is 2. The Morgan fingerprint density at radius 2 is 1.65 bits per heavy atom. The van der Waals surface area contributed by atoms with Gasteiger partial charge in [-0.05, 0) is 24.3 Å². The van der Waals surface area contributed by atoms with Gasteiger partial charge in [-0.1, -0.05) is 30.3 Å². The number of halogens is 1. The van der Waals surface area contributed by atoms with Crippen LogP contribution in [0.2, 0.25) is 0 Å². The van der Waals surface area contributed by atoms with Gasteiger partial charge in [0.1, 0.15) is 11.5 Å². The number of hydrogen-bond donors (Lipinski definition) is 2.